The van der Waals surface area contributed by atoms with Crippen molar-refractivity contribution in [3.8, 4) is 5.75 Å². The van der Waals surface area contributed by atoms with Crippen molar-refractivity contribution in [1.82, 2.24) is 5.32 Å². The van der Waals surface area contributed by atoms with E-state index in [0.29, 0.717) is 18.5 Å². The Hall–Kier alpha value is -1.06. The maximum Gasteiger partial charge on any atom is 0.119 e. The highest BCUT2D eigenvalue weighted by atomic mass is 16.5. The molecule has 0 amide bonds. The van der Waals surface area contributed by atoms with Crippen molar-refractivity contribution in [3.05, 3.63) is 29.8 Å². The average Bonchev–Trinajstić information content (AvgIpc) is 2.33. The van der Waals surface area contributed by atoms with Gasteiger partial charge in [0, 0.05) is 12.6 Å². The van der Waals surface area contributed by atoms with Crippen LogP contribution in [0.1, 0.15) is 25.8 Å². The van der Waals surface area contributed by atoms with Gasteiger partial charge in [-0.15, -0.1) is 0 Å². The van der Waals surface area contributed by atoms with Crippen LogP contribution in [-0.4, -0.2) is 25.7 Å². The molecule has 1 unspecified atom stereocenters. The Morgan fingerprint density at radius 3 is 2.72 bits per heavy atom. The van der Waals surface area contributed by atoms with Crippen molar-refractivity contribution < 1.29 is 4.74 Å². The normalized spacial score (nSPS) is 12.7. The molecular weight excluding hydrogens is 224 g/mol. The van der Waals surface area contributed by atoms with E-state index >= 15 is 0 Å². The topological polar surface area (TPSA) is 47.3 Å². The SMILES string of the molecule is Cc1cccc(OCCCNC(CN)C(C)C)c1. The zero-order valence-electron chi connectivity index (χ0n) is 11.8. The summed E-state index contributed by atoms with van der Waals surface area (Å²) in [6.07, 6.45) is 0.997. The summed E-state index contributed by atoms with van der Waals surface area (Å²) in [4.78, 5) is 0. The van der Waals surface area contributed by atoms with Crippen molar-refractivity contribution in [2.75, 3.05) is 19.7 Å². The first-order chi connectivity index (χ1) is 8.63. The van der Waals surface area contributed by atoms with Gasteiger partial charge in [0.25, 0.3) is 0 Å². The Labute approximate surface area is 111 Å². The number of nitrogens with one attached hydrogen (secondary N) is 1. The minimum atomic E-state index is 0.406. The number of nitrogens with two attached hydrogens (primary N) is 1. The lowest BCUT2D eigenvalue weighted by molar-refractivity contribution is 0.299. The number of rotatable bonds is 8. The van der Waals surface area contributed by atoms with Crippen molar-refractivity contribution >= 4 is 0 Å². The van der Waals surface area contributed by atoms with Gasteiger partial charge >= 0.3 is 0 Å². The molecule has 0 aliphatic carbocycles. The van der Waals surface area contributed by atoms with E-state index in [-0.39, 0.29) is 0 Å². The van der Waals surface area contributed by atoms with Gasteiger partial charge in [0.05, 0.1) is 6.61 Å². The maximum absolute atomic E-state index is 5.70. The Bertz CT molecular complexity index is 339. The molecule has 102 valence electrons. The van der Waals surface area contributed by atoms with Crippen LogP contribution < -0.4 is 15.8 Å². The minimum Gasteiger partial charge on any atom is -0.494 e. The molecule has 0 spiro atoms. The third-order valence-electron chi connectivity index (χ3n) is 3.04. The fraction of sp³-hybridized carbons (Fsp3) is 0.600. The van der Waals surface area contributed by atoms with E-state index in [4.69, 9.17) is 10.5 Å². The molecule has 3 heteroatoms. The second-order valence-corrected chi connectivity index (χ2v) is 5.06. The van der Waals surface area contributed by atoms with Crippen LogP contribution >= 0.6 is 0 Å². The quantitative estimate of drug-likeness (QED) is 0.696. The Morgan fingerprint density at radius 2 is 2.11 bits per heavy atom. The molecule has 0 aliphatic heterocycles. The van der Waals surface area contributed by atoms with E-state index in [1.807, 2.05) is 12.1 Å². The van der Waals surface area contributed by atoms with Gasteiger partial charge in [0.15, 0.2) is 0 Å². The van der Waals surface area contributed by atoms with Crippen molar-refractivity contribution in [2.24, 2.45) is 11.7 Å². The van der Waals surface area contributed by atoms with E-state index in [0.717, 1.165) is 25.3 Å². The number of benzene rings is 1. The van der Waals surface area contributed by atoms with Gasteiger partial charge in [-0.05, 0) is 43.5 Å². The van der Waals surface area contributed by atoms with Crippen LogP contribution in [0.2, 0.25) is 0 Å². The molecule has 3 nitrogen and oxygen atoms in total. The lowest BCUT2D eigenvalue weighted by Crippen LogP contribution is -2.40. The van der Waals surface area contributed by atoms with Gasteiger partial charge in [0.1, 0.15) is 5.75 Å². The fourth-order valence-corrected chi connectivity index (χ4v) is 1.85. The minimum absolute atomic E-state index is 0.406. The summed E-state index contributed by atoms with van der Waals surface area (Å²) in [5.41, 5.74) is 6.93. The third-order valence-corrected chi connectivity index (χ3v) is 3.04. The monoisotopic (exact) mass is 250 g/mol. The number of aryl methyl sites for hydroxylation is 1. The number of hydrogen-bond donors (Lipinski definition) is 2. The van der Waals surface area contributed by atoms with Crippen LogP contribution in [0.25, 0.3) is 0 Å². The summed E-state index contributed by atoms with van der Waals surface area (Å²) in [5, 5.41) is 3.46. The van der Waals surface area contributed by atoms with Gasteiger partial charge < -0.3 is 15.8 Å². The standard InChI is InChI=1S/C15H26N2O/c1-12(2)15(11-16)17-8-5-9-18-14-7-4-6-13(3)10-14/h4,6-7,10,12,15,17H,5,8-9,11,16H2,1-3H3. The molecule has 1 rings (SSSR count). The summed E-state index contributed by atoms with van der Waals surface area (Å²) in [7, 11) is 0. The van der Waals surface area contributed by atoms with Gasteiger partial charge in [-0.25, -0.2) is 0 Å². The average molecular weight is 250 g/mol. The van der Waals surface area contributed by atoms with E-state index < -0.39 is 0 Å². The van der Waals surface area contributed by atoms with Crippen LogP contribution in [0.5, 0.6) is 5.75 Å². The van der Waals surface area contributed by atoms with E-state index in [9.17, 15) is 0 Å². The van der Waals surface area contributed by atoms with Crippen molar-refractivity contribution in [2.45, 2.75) is 33.2 Å². The lowest BCUT2D eigenvalue weighted by Gasteiger charge is -2.20. The highest BCUT2D eigenvalue weighted by molar-refractivity contribution is 5.27. The molecule has 0 radical (unpaired) electrons. The molecule has 1 atom stereocenters. The van der Waals surface area contributed by atoms with Gasteiger partial charge in [-0.2, -0.15) is 0 Å². The van der Waals surface area contributed by atoms with Gasteiger partial charge in [-0.3, -0.25) is 0 Å². The number of ether oxygens (including phenoxy) is 1. The smallest absolute Gasteiger partial charge is 0.119 e. The fourth-order valence-electron chi connectivity index (χ4n) is 1.85. The summed E-state index contributed by atoms with van der Waals surface area (Å²) >= 11 is 0. The molecule has 0 fully saturated rings. The van der Waals surface area contributed by atoms with Crippen molar-refractivity contribution in [3.63, 3.8) is 0 Å². The second-order valence-electron chi connectivity index (χ2n) is 5.06. The van der Waals surface area contributed by atoms with Crippen LogP contribution in [0.3, 0.4) is 0 Å². The molecule has 0 aliphatic rings. The molecule has 3 N–H and O–H groups in total. The lowest BCUT2D eigenvalue weighted by atomic mass is 10.0. The first-order valence-electron chi connectivity index (χ1n) is 6.76. The van der Waals surface area contributed by atoms with E-state index in [1.165, 1.54) is 5.56 Å². The molecule has 1 aromatic rings. The predicted molar refractivity (Wildman–Crippen MR) is 77.0 cm³/mol. The highest BCUT2D eigenvalue weighted by Crippen LogP contribution is 2.12. The van der Waals surface area contributed by atoms with Crippen LogP contribution in [-0.2, 0) is 0 Å². The third kappa shape index (κ3) is 5.52. The summed E-state index contributed by atoms with van der Waals surface area (Å²) in [6, 6.07) is 8.56. The van der Waals surface area contributed by atoms with E-state index in [2.05, 4.69) is 38.2 Å². The largest absolute Gasteiger partial charge is 0.494 e. The second kappa shape index (κ2) is 8.11. The maximum atomic E-state index is 5.70. The molecule has 0 saturated carbocycles. The molecule has 0 bridgehead atoms. The molecular formula is C15H26N2O. The zero-order valence-corrected chi connectivity index (χ0v) is 11.8. The van der Waals surface area contributed by atoms with Gasteiger partial charge in [-0.1, -0.05) is 26.0 Å². The van der Waals surface area contributed by atoms with E-state index in [1.54, 1.807) is 0 Å². The first-order valence-corrected chi connectivity index (χ1v) is 6.76. The Morgan fingerprint density at radius 1 is 1.33 bits per heavy atom. The van der Waals surface area contributed by atoms with Crippen LogP contribution in [0.4, 0.5) is 0 Å². The Balaban J connectivity index is 2.15. The number of hydrogen-bond acceptors (Lipinski definition) is 3. The zero-order chi connectivity index (χ0) is 13.4. The first kappa shape index (κ1) is 15.0. The molecule has 0 aromatic heterocycles. The highest BCUT2D eigenvalue weighted by Gasteiger charge is 2.09. The predicted octanol–water partition coefficient (Wildman–Crippen LogP) is 2.34. The van der Waals surface area contributed by atoms with Crippen molar-refractivity contribution in [1.29, 1.82) is 0 Å². The Kier molecular flexibility index (Phi) is 6.76. The molecule has 1 aromatic carbocycles. The molecule has 0 heterocycles. The van der Waals surface area contributed by atoms with Crippen LogP contribution in [0.15, 0.2) is 24.3 Å². The summed E-state index contributed by atoms with van der Waals surface area (Å²) < 4.78 is 5.69. The molecule has 0 saturated heterocycles. The molecule has 18 heavy (non-hydrogen) atoms. The van der Waals surface area contributed by atoms with Gasteiger partial charge in [0.2, 0.25) is 0 Å². The van der Waals surface area contributed by atoms with Crippen LogP contribution in [0, 0.1) is 12.8 Å². The summed E-state index contributed by atoms with van der Waals surface area (Å²) in [5.74, 6) is 1.53. The summed E-state index contributed by atoms with van der Waals surface area (Å²) in [6.45, 7) is 8.83.